The minimum absolute atomic E-state index is 0.666. The van der Waals surface area contributed by atoms with Crippen molar-refractivity contribution in [2.24, 2.45) is 0 Å². The molecule has 1 aromatic heterocycles. The van der Waals surface area contributed by atoms with Gasteiger partial charge in [0.25, 0.3) is 0 Å². The first-order chi connectivity index (χ1) is 4.83. The van der Waals surface area contributed by atoms with Gasteiger partial charge >= 0.3 is 0 Å². The van der Waals surface area contributed by atoms with Crippen molar-refractivity contribution in [2.75, 3.05) is 0 Å². The van der Waals surface area contributed by atoms with Crippen molar-refractivity contribution in [1.29, 1.82) is 0 Å². The van der Waals surface area contributed by atoms with Gasteiger partial charge in [0.1, 0.15) is 4.64 Å². The van der Waals surface area contributed by atoms with Crippen LogP contribution in [0.4, 0.5) is 0 Å². The van der Waals surface area contributed by atoms with E-state index in [0.29, 0.717) is 4.64 Å². The Morgan fingerprint density at radius 2 is 2.60 bits per heavy atom. The van der Waals surface area contributed by atoms with Gasteiger partial charge in [-0.3, -0.25) is 5.10 Å². The van der Waals surface area contributed by atoms with E-state index >= 15 is 0 Å². The summed E-state index contributed by atoms with van der Waals surface area (Å²) in [6.07, 6.45) is 4.40. The van der Waals surface area contributed by atoms with Crippen LogP contribution in [0.25, 0.3) is 0 Å². The van der Waals surface area contributed by atoms with Crippen molar-refractivity contribution in [3.63, 3.8) is 0 Å². The second-order valence-corrected chi connectivity index (χ2v) is 2.39. The third-order valence-electron chi connectivity index (χ3n) is 1.10. The smallest absolute Gasteiger partial charge is 0.119 e. The predicted octanol–water partition coefficient (Wildman–Crippen LogP) is 1.87. The Hall–Kier alpha value is -0.960. The summed E-state index contributed by atoms with van der Waals surface area (Å²) in [5.41, 5.74) is 1.10. The minimum Gasteiger partial charge on any atom is -0.268 e. The average Bonchev–Trinajstić information content (AvgIpc) is 1.88. The minimum atomic E-state index is 0.666. The number of allylic oxidation sites excluding steroid dienone is 1. The molecule has 0 bridgehead atoms. The molecule has 0 amide bonds. The fourth-order valence-corrected chi connectivity index (χ4v) is 0.899. The van der Waals surface area contributed by atoms with Crippen LogP contribution < -0.4 is 0 Å². The summed E-state index contributed by atoms with van der Waals surface area (Å²) < 4.78 is 0.666. The van der Waals surface area contributed by atoms with Gasteiger partial charge < -0.3 is 0 Å². The zero-order valence-electron chi connectivity index (χ0n) is 5.50. The van der Waals surface area contributed by atoms with Gasteiger partial charge in [-0.15, -0.1) is 6.58 Å². The van der Waals surface area contributed by atoms with Crippen LogP contribution in [0.5, 0.6) is 0 Å². The van der Waals surface area contributed by atoms with E-state index in [2.05, 4.69) is 16.8 Å². The molecule has 0 atom stereocenters. The van der Waals surface area contributed by atoms with Crippen molar-refractivity contribution in [1.82, 2.24) is 10.2 Å². The molecule has 1 aromatic rings. The van der Waals surface area contributed by atoms with Crippen LogP contribution in [0.15, 0.2) is 24.9 Å². The molecule has 0 aliphatic rings. The van der Waals surface area contributed by atoms with Crippen LogP contribution in [0.2, 0.25) is 0 Å². The summed E-state index contributed by atoms with van der Waals surface area (Å²) in [5.74, 6) is 0. The predicted molar refractivity (Wildman–Crippen MR) is 43.3 cm³/mol. The van der Waals surface area contributed by atoms with Crippen molar-refractivity contribution in [3.8, 4) is 0 Å². The molecule has 52 valence electrons. The molecule has 0 aliphatic heterocycles. The molecule has 0 saturated carbocycles. The molecule has 2 nitrogen and oxygen atoms in total. The van der Waals surface area contributed by atoms with Gasteiger partial charge in [-0.05, 0) is 18.1 Å². The monoisotopic (exact) mass is 152 g/mol. The van der Waals surface area contributed by atoms with Crippen molar-refractivity contribution in [2.45, 2.75) is 6.42 Å². The number of aromatic amines is 1. The Bertz CT molecular complexity index is 277. The summed E-state index contributed by atoms with van der Waals surface area (Å²) in [7, 11) is 0. The molecule has 0 aromatic carbocycles. The lowest BCUT2D eigenvalue weighted by Gasteiger charge is -1.91. The number of hydrogen-bond acceptors (Lipinski definition) is 2. The Balaban J connectivity index is 2.95. The highest BCUT2D eigenvalue weighted by Crippen LogP contribution is 1.96. The lowest BCUT2D eigenvalue weighted by Crippen LogP contribution is -1.85. The number of H-pyrrole nitrogens is 1. The summed E-state index contributed by atoms with van der Waals surface area (Å²) in [5, 5.41) is 6.49. The highest BCUT2D eigenvalue weighted by Gasteiger charge is 1.86. The molecule has 0 spiro atoms. The lowest BCUT2D eigenvalue weighted by molar-refractivity contribution is 0.987. The summed E-state index contributed by atoms with van der Waals surface area (Å²) in [4.78, 5) is 0. The normalized spacial score (nSPS) is 9.20. The van der Waals surface area contributed by atoms with Crippen LogP contribution in [-0.2, 0) is 6.42 Å². The largest absolute Gasteiger partial charge is 0.268 e. The van der Waals surface area contributed by atoms with Gasteiger partial charge in [-0.25, -0.2) is 0 Å². The summed E-state index contributed by atoms with van der Waals surface area (Å²) in [6, 6.07) is 1.88. The van der Waals surface area contributed by atoms with Gasteiger partial charge in [0.2, 0.25) is 0 Å². The fourth-order valence-electron chi connectivity index (χ4n) is 0.695. The molecule has 10 heavy (non-hydrogen) atoms. The fraction of sp³-hybridized carbons (Fsp3) is 0.143. The number of rotatable bonds is 2. The Morgan fingerprint density at radius 1 is 1.80 bits per heavy atom. The van der Waals surface area contributed by atoms with Gasteiger partial charge in [-0.2, -0.15) is 5.10 Å². The van der Waals surface area contributed by atoms with E-state index in [1.807, 2.05) is 12.1 Å². The topological polar surface area (TPSA) is 28.7 Å². The third-order valence-corrected chi connectivity index (χ3v) is 1.31. The quantitative estimate of drug-likeness (QED) is 0.517. The SMILES string of the molecule is C=CCc1cn[nH]c(=S)c1. The van der Waals surface area contributed by atoms with Gasteiger partial charge in [0.15, 0.2) is 0 Å². The van der Waals surface area contributed by atoms with E-state index < -0.39 is 0 Å². The molecule has 3 heteroatoms. The van der Waals surface area contributed by atoms with Crippen LogP contribution in [0, 0.1) is 4.64 Å². The average molecular weight is 152 g/mol. The molecule has 1 rings (SSSR count). The van der Waals surface area contributed by atoms with E-state index in [1.165, 1.54) is 0 Å². The first-order valence-corrected chi connectivity index (χ1v) is 3.38. The Labute approximate surface area is 64.6 Å². The van der Waals surface area contributed by atoms with Crippen molar-refractivity contribution < 1.29 is 0 Å². The molecular formula is C7H8N2S. The van der Waals surface area contributed by atoms with E-state index in [4.69, 9.17) is 12.2 Å². The molecule has 0 aliphatic carbocycles. The second-order valence-electron chi connectivity index (χ2n) is 1.95. The first-order valence-electron chi connectivity index (χ1n) is 2.97. The number of hydrogen-bond donors (Lipinski definition) is 1. The van der Waals surface area contributed by atoms with E-state index in [1.54, 1.807) is 6.20 Å². The maximum atomic E-state index is 4.86. The van der Waals surface area contributed by atoms with Crippen molar-refractivity contribution >= 4 is 12.2 Å². The zero-order valence-corrected chi connectivity index (χ0v) is 6.32. The highest BCUT2D eigenvalue weighted by atomic mass is 32.1. The molecule has 0 unspecified atom stereocenters. The van der Waals surface area contributed by atoms with Crippen LogP contribution in [-0.4, -0.2) is 10.2 Å². The number of nitrogens with zero attached hydrogens (tertiary/aromatic N) is 1. The molecule has 0 radical (unpaired) electrons. The molecule has 1 N–H and O–H groups in total. The molecule has 0 fully saturated rings. The zero-order chi connectivity index (χ0) is 7.40. The van der Waals surface area contributed by atoms with E-state index in [-0.39, 0.29) is 0 Å². The van der Waals surface area contributed by atoms with Crippen LogP contribution in [0.1, 0.15) is 5.56 Å². The van der Waals surface area contributed by atoms with Gasteiger partial charge in [-0.1, -0.05) is 18.3 Å². The van der Waals surface area contributed by atoms with Gasteiger partial charge in [0.05, 0.1) is 6.20 Å². The molecular weight excluding hydrogens is 144 g/mol. The lowest BCUT2D eigenvalue weighted by atomic mass is 10.2. The molecule has 1 heterocycles. The highest BCUT2D eigenvalue weighted by molar-refractivity contribution is 7.71. The van der Waals surface area contributed by atoms with Crippen LogP contribution in [0.3, 0.4) is 0 Å². The maximum absolute atomic E-state index is 4.86. The third kappa shape index (κ3) is 1.77. The van der Waals surface area contributed by atoms with Gasteiger partial charge in [0, 0.05) is 0 Å². The first kappa shape index (κ1) is 7.15. The Morgan fingerprint density at radius 3 is 3.20 bits per heavy atom. The van der Waals surface area contributed by atoms with Crippen LogP contribution >= 0.6 is 12.2 Å². The Kier molecular flexibility index (Phi) is 2.34. The van der Waals surface area contributed by atoms with E-state index in [9.17, 15) is 0 Å². The summed E-state index contributed by atoms with van der Waals surface area (Å²) in [6.45, 7) is 3.61. The second kappa shape index (κ2) is 3.27. The van der Waals surface area contributed by atoms with E-state index in [0.717, 1.165) is 12.0 Å². The maximum Gasteiger partial charge on any atom is 0.119 e. The molecule has 0 saturated heterocycles. The van der Waals surface area contributed by atoms with Crippen molar-refractivity contribution in [3.05, 3.63) is 35.1 Å². The number of nitrogens with one attached hydrogen (secondary N) is 1. The summed E-state index contributed by atoms with van der Waals surface area (Å²) >= 11 is 4.86. The number of aromatic nitrogens is 2. The standard InChI is InChI=1S/C7H8N2S/c1-2-3-6-4-7(10)9-8-5-6/h2,4-5H,1,3H2,(H,9,10).